The summed E-state index contributed by atoms with van der Waals surface area (Å²) in [4.78, 5) is 0. The SMILES string of the molecule is CCOC1CC(Nc2ccc3c(c2)CCO3)C12CCC2. The van der Waals surface area contributed by atoms with Crippen molar-refractivity contribution >= 4 is 5.69 Å². The lowest BCUT2D eigenvalue weighted by molar-refractivity contribution is -0.157. The van der Waals surface area contributed by atoms with Crippen LogP contribution in [0.15, 0.2) is 18.2 Å². The van der Waals surface area contributed by atoms with Crippen LogP contribution in [0.2, 0.25) is 0 Å². The van der Waals surface area contributed by atoms with E-state index in [1.165, 1.54) is 30.5 Å². The molecule has 0 amide bonds. The average molecular weight is 273 g/mol. The third-order valence-corrected chi connectivity index (χ3v) is 5.47. The lowest BCUT2D eigenvalue weighted by Crippen LogP contribution is -2.64. The monoisotopic (exact) mass is 273 g/mol. The first kappa shape index (κ1) is 12.5. The van der Waals surface area contributed by atoms with E-state index < -0.39 is 0 Å². The van der Waals surface area contributed by atoms with Gasteiger partial charge in [0.15, 0.2) is 0 Å². The van der Waals surface area contributed by atoms with Gasteiger partial charge in [-0.05, 0) is 49.9 Å². The third-order valence-electron chi connectivity index (χ3n) is 5.47. The molecule has 1 heterocycles. The largest absolute Gasteiger partial charge is 0.493 e. The van der Waals surface area contributed by atoms with E-state index >= 15 is 0 Å². The van der Waals surface area contributed by atoms with Gasteiger partial charge in [0.05, 0.1) is 12.7 Å². The normalized spacial score (nSPS) is 29.2. The first-order valence-corrected chi connectivity index (χ1v) is 7.96. The molecule has 1 N–H and O–H groups in total. The molecule has 1 aromatic rings. The van der Waals surface area contributed by atoms with Gasteiger partial charge in [0.25, 0.3) is 0 Å². The molecule has 3 nitrogen and oxygen atoms in total. The number of hydrogen-bond acceptors (Lipinski definition) is 3. The van der Waals surface area contributed by atoms with Gasteiger partial charge in [-0.15, -0.1) is 0 Å². The summed E-state index contributed by atoms with van der Waals surface area (Å²) in [5, 5.41) is 3.75. The second-order valence-corrected chi connectivity index (χ2v) is 6.38. The summed E-state index contributed by atoms with van der Waals surface area (Å²) >= 11 is 0. The van der Waals surface area contributed by atoms with Gasteiger partial charge in [-0.25, -0.2) is 0 Å². The molecule has 0 radical (unpaired) electrons. The van der Waals surface area contributed by atoms with E-state index in [2.05, 4.69) is 30.4 Å². The van der Waals surface area contributed by atoms with Gasteiger partial charge < -0.3 is 14.8 Å². The number of nitrogens with one attached hydrogen (secondary N) is 1. The van der Waals surface area contributed by atoms with E-state index in [0.717, 1.165) is 31.8 Å². The predicted molar refractivity (Wildman–Crippen MR) is 79.4 cm³/mol. The molecular formula is C17H23NO2. The predicted octanol–water partition coefficient (Wildman–Crippen LogP) is 3.38. The van der Waals surface area contributed by atoms with Gasteiger partial charge in [0.1, 0.15) is 5.75 Å². The van der Waals surface area contributed by atoms with Gasteiger partial charge in [-0.1, -0.05) is 6.42 Å². The number of fused-ring (bicyclic) bond motifs is 1. The molecule has 1 aromatic carbocycles. The van der Waals surface area contributed by atoms with Gasteiger partial charge in [-0.2, -0.15) is 0 Å². The Morgan fingerprint density at radius 3 is 3.05 bits per heavy atom. The highest BCUT2D eigenvalue weighted by Crippen LogP contribution is 2.58. The first-order chi connectivity index (χ1) is 9.82. The maximum atomic E-state index is 5.92. The summed E-state index contributed by atoms with van der Waals surface area (Å²) < 4.78 is 11.5. The quantitative estimate of drug-likeness (QED) is 0.912. The molecule has 0 bridgehead atoms. The van der Waals surface area contributed by atoms with E-state index in [-0.39, 0.29) is 0 Å². The standard InChI is InChI=1S/C17H23NO2/c1-2-19-16-11-15(17(16)7-3-8-17)18-13-4-5-14-12(10-13)6-9-20-14/h4-5,10,15-16,18H,2-3,6-9,11H2,1H3. The van der Waals surface area contributed by atoms with Crippen LogP contribution >= 0.6 is 0 Å². The zero-order chi connectivity index (χ0) is 13.6. The highest BCUT2D eigenvalue weighted by Gasteiger charge is 2.58. The molecule has 0 saturated heterocycles. The zero-order valence-corrected chi connectivity index (χ0v) is 12.2. The van der Waals surface area contributed by atoms with Gasteiger partial charge in [0, 0.05) is 30.2 Å². The molecule has 2 aliphatic carbocycles. The maximum absolute atomic E-state index is 5.92. The fourth-order valence-corrected chi connectivity index (χ4v) is 4.12. The number of anilines is 1. The lowest BCUT2D eigenvalue weighted by atomic mass is 9.51. The Hall–Kier alpha value is -1.22. The molecule has 20 heavy (non-hydrogen) atoms. The number of hydrogen-bond donors (Lipinski definition) is 1. The number of ether oxygens (including phenoxy) is 2. The minimum atomic E-state index is 0.422. The van der Waals surface area contributed by atoms with Crippen LogP contribution in [0, 0.1) is 5.41 Å². The highest BCUT2D eigenvalue weighted by molar-refractivity contribution is 5.53. The topological polar surface area (TPSA) is 30.5 Å². The summed E-state index contributed by atoms with van der Waals surface area (Å²) in [6, 6.07) is 7.12. The van der Waals surface area contributed by atoms with Crippen LogP contribution in [0.25, 0.3) is 0 Å². The van der Waals surface area contributed by atoms with E-state index in [0.29, 0.717) is 17.6 Å². The Labute approximate surface area is 120 Å². The van der Waals surface area contributed by atoms with Crippen LogP contribution in [0.4, 0.5) is 5.69 Å². The molecule has 1 aliphatic heterocycles. The Kier molecular flexibility index (Phi) is 2.92. The lowest BCUT2D eigenvalue weighted by Gasteiger charge is -2.61. The molecule has 2 atom stereocenters. The van der Waals surface area contributed by atoms with E-state index in [4.69, 9.17) is 9.47 Å². The summed E-state index contributed by atoms with van der Waals surface area (Å²) in [7, 11) is 0. The Balaban J connectivity index is 1.47. The van der Waals surface area contributed by atoms with Crippen molar-refractivity contribution in [2.75, 3.05) is 18.5 Å². The number of benzene rings is 1. The highest BCUT2D eigenvalue weighted by atomic mass is 16.5. The Morgan fingerprint density at radius 2 is 2.30 bits per heavy atom. The molecule has 0 aromatic heterocycles. The minimum Gasteiger partial charge on any atom is -0.493 e. The van der Waals surface area contributed by atoms with Crippen molar-refractivity contribution in [1.82, 2.24) is 0 Å². The van der Waals surface area contributed by atoms with Crippen LogP contribution in [-0.4, -0.2) is 25.4 Å². The van der Waals surface area contributed by atoms with Crippen LogP contribution in [0.1, 0.15) is 38.2 Å². The van der Waals surface area contributed by atoms with Crippen molar-refractivity contribution in [3.8, 4) is 5.75 Å². The fourth-order valence-electron chi connectivity index (χ4n) is 4.12. The third kappa shape index (κ3) is 1.76. The van der Waals surface area contributed by atoms with Crippen molar-refractivity contribution in [1.29, 1.82) is 0 Å². The van der Waals surface area contributed by atoms with Crippen molar-refractivity contribution in [2.24, 2.45) is 5.41 Å². The molecule has 2 fully saturated rings. The zero-order valence-electron chi connectivity index (χ0n) is 12.2. The van der Waals surface area contributed by atoms with Gasteiger partial charge >= 0.3 is 0 Å². The summed E-state index contributed by atoms with van der Waals surface area (Å²) in [6.07, 6.45) is 6.69. The molecular weight excluding hydrogens is 250 g/mol. The van der Waals surface area contributed by atoms with Gasteiger partial charge in [-0.3, -0.25) is 0 Å². The Morgan fingerprint density at radius 1 is 1.40 bits per heavy atom. The smallest absolute Gasteiger partial charge is 0.122 e. The minimum absolute atomic E-state index is 0.422. The first-order valence-electron chi connectivity index (χ1n) is 7.96. The van der Waals surface area contributed by atoms with Crippen LogP contribution in [0.5, 0.6) is 5.75 Å². The average Bonchev–Trinajstić information content (AvgIpc) is 2.82. The molecule has 108 valence electrons. The van der Waals surface area contributed by atoms with Crippen molar-refractivity contribution in [3.63, 3.8) is 0 Å². The molecule has 4 rings (SSSR count). The van der Waals surface area contributed by atoms with Crippen molar-refractivity contribution in [2.45, 2.75) is 51.2 Å². The molecule has 3 aliphatic rings. The van der Waals surface area contributed by atoms with Crippen LogP contribution in [0.3, 0.4) is 0 Å². The van der Waals surface area contributed by atoms with E-state index in [1.54, 1.807) is 0 Å². The van der Waals surface area contributed by atoms with Crippen LogP contribution < -0.4 is 10.1 Å². The van der Waals surface area contributed by atoms with Crippen molar-refractivity contribution < 1.29 is 9.47 Å². The summed E-state index contributed by atoms with van der Waals surface area (Å²) in [6.45, 7) is 3.78. The van der Waals surface area contributed by atoms with E-state index in [1.807, 2.05) is 0 Å². The number of rotatable bonds is 4. The molecule has 2 saturated carbocycles. The van der Waals surface area contributed by atoms with Gasteiger partial charge in [0.2, 0.25) is 0 Å². The second-order valence-electron chi connectivity index (χ2n) is 6.38. The van der Waals surface area contributed by atoms with Crippen LogP contribution in [-0.2, 0) is 11.2 Å². The second kappa shape index (κ2) is 4.66. The Bertz CT molecular complexity index is 510. The summed E-state index contributed by atoms with van der Waals surface area (Å²) in [5.41, 5.74) is 3.02. The van der Waals surface area contributed by atoms with Crippen molar-refractivity contribution in [3.05, 3.63) is 23.8 Å². The summed E-state index contributed by atoms with van der Waals surface area (Å²) in [5.74, 6) is 1.06. The molecule has 3 heteroatoms. The molecule has 1 spiro atoms. The van der Waals surface area contributed by atoms with E-state index in [9.17, 15) is 0 Å². The fraction of sp³-hybridized carbons (Fsp3) is 0.647. The molecule has 2 unspecified atom stereocenters. The maximum Gasteiger partial charge on any atom is 0.122 e.